The van der Waals surface area contributed by atoms with Crippen molar-refractivity contribution in [3.05, 3.63) is 90.0 Å². The minimum Gasteiger partial charge on any atom is -0.497 e. The maximum absolute atomic E-state index is 12.4. The van der Waals surface area contributed by atoms with E-state index in [0.717, 1.165) is 49.7 Å². The number of carbonyl (C=O) groups excluding carboxylic acids is 1. The third-order valence-corrected chi connectivity index (χ3v) is 5.66. The van der Waals surface area contributed by atoms with E-state index >= 15 is 0 Å². The molecule has 1 fully saturated rings. The highest BCUT2D eigenvalue weighted by atomic mass is 16.5. The largest absolute Gasteiger partial charge is 0.497 e. The predicted octanol–water partition coefficient (Wildman–Crippen LogP) is 4.20. The number of anilines is 2. The van der Waals surface area contributed by atoms with E-state index in [-0.39, 0.29) is 5.91 Å². The topological polar surface area (TPSA) is 44.8 Å². The van der Waals surface area contributed by atoms with Crippen LogP contribution >= 0.6 is 0 Å². The van der Waals surface area contributed by atoms with Crippen molar-refractivity contribution in [3.8, 4) is 5.75 Å². The highest BCUT2D eigenvalue weighted by molar-refractivity contribution is 5.92. The zero-order chi connectivity index (χ0) is 21.5. The van der Waals surface area contributed by atoms with Gasteiger partial charge in [0.1, 0.15) is 5.75 Å². The van der Waals surface area contributed by atoms with Crippen LogP contribution in [0.4, 0.5) is 11.4 Å². The van der Waals surface area contributed by atoms with Crippen LogP contribution in [0.2, 0.25) is 0 Å². The molecule has 0 bridgehead atoms. The first-order valence-electron chi connectivity index (χ1n) is 10.7. The Morgan fingerprint density at radius 1 is 0.839 bits per heavy atom. The van der Waals surface area contributed by atoms with Crippen LogP contribution < -0.4 is 15.0 Å². The number of benzene rings is 3. The van der Waals surface area contributed by atoms with E-state index in [0.29, 0.717) is 6.42 Å². The minimum atomic E-state index is -0.0209. The molecule has 5 nitrogen and oxygen atoms in total. The van der Waals surface area contributed by atoms with Crippen LogP contribution in [0.25, 0.3) is 0 Å². The molecule has 3 aromatic rings. The molecular weight excluding hydrogens is 386 g/mol. The number of piperazine rings is 1. The number of methoxy groups -OCH3 is 1. The van der Waals surface area contributed by atoms with Gasteiger partial charge in [0.25, 0.3) is 0 Å². The van der Waals surface area contributed by atoms with Crippen LogP contribution in [0.1, 0.15) is 11.1 Å². The van der Waals surface area contributed by atoms with Crippen molar-refractivity contribution in [3.63, 3.8) is 0 Å². The SMILES string of the molecule is COc1ccc(CC(=O)Nc2ccc(N3CCN(Cc4ccccc4)CC3)cc2)cc1. The van der Waals surface area contributed by atoms with Crippen LogP contribution in [0.3, 0.4) is 0 Å². The van der Waals surface area contributed by atoms with Crippen LogP contribution in [0.5, 0.6) is 5.75 Å². The zero-order valence-electron chi connectivity index (χ0n) is 18.0. The van der Waals surface area contributed by atoms with Crippen LogP contribution in [-0.4, -0.2) is 44.1 Å². The van der Waals surface area contributed by atoms with Gasteiger partial charge in [-0.2, -0.15) is 0 Å². The Bertz CT molecular complexity index is 964. The van der Waals surface area contributed by atoms with Crippen LogP contribution in [0, 0.1) is 0 Å². The third kappa shape index (κ3) is 5.86. The molecule has 1 saturated heterocycles. The van der Waals surface area contributed by atoms with E-state index in [2.05, 4.69) is 57.6 Å². The predicted molar refractivity (Wildman–Crippen MR) is 126 cm³/mol. The summed E-state index contributed by atoms with van der Waals surface area (Å²) in [7, 11) is 1.63. The fraction of sp³-hybridized carbons (Fsp3) is 0.269. The molecule has 0 atom stereocenters. The van der Waals surface area contributed by atoms with Crippen molar-refractivity contribution >= 4 is 17.3 Å². The fourth-order valence-corrected chi connectivity index (χ4v) is 3.90. The van der Waals surface area contributed by atoms with E-state index in [4.69, 9.17) is 4.74 Å². The summed E-state index contributed by atoms with van der Waals surface area (Å²) >= 11 is 0. The number of hydrogen-bond donors (Lipinski definition) is 1. The highest BCUT2D eigenvalue weighted by Crippen LogP contribution is 2.20. The monoisotopic (exact) mass is 415 g/mol. The van der Waals surface area contributed by atoms with Gasteiger partial charge in [-0.05, 0) is 47.5 Å². The molecule has 31 heavy (non-hydrogen) atoms. The molecule has 1 amide bonds. The van der Waals surface area contributed by atoms with Crippen LogP contribution in [0.15, 0.2) is 78.9 Å². The molecular formula is C26H29N3O2. The summed E-state index contributed by atoms with van der Waals surface area (Å²) in [6, 6.07) is 26.4. The van der Waals surface area contributed by atoms with Crippen LogP contribution in [-0.2, 0) is 17.8 Å². The summed E-state index contributed by atoms with van der Waals surface area (Å²) in [4.78, 5) is 17.3. The van der Waals surface area contributed by atoms with Gasteiger partial charge < -0.3 is 15.0 Å². The number of rotatable bonds is 7. The lowest BCUT2D eigenvalue weighted by Crippen LogP contribution is -2.45. The summed E-state index contributed by atoms with van der Waals surface area (Å²) in [5.41, 5.74) is 4.35. The third-order valence-electron chi connectivity index (χ3n) is 5.66. The second-order valence-corrected chi connectivity index (χ2v) is 7.87. The fourth-order valence-electron chi connectivity index (χ4n) is 3.90. The van der Waals surface area contributed by atoms with Crippen molar-refractivity contribution in [1.82, 2.24) is 4.90 Å². The summed E-state index contributed by atoms with van der Waals surface area (Å²) in [5, 5.41) is 2.99. The van der Waals surface area contributed by atoms with E-state index in [9.17, 15) is 4.79 Å². The summed E-state index contributed by atoms with van der Waals surface area (Å²) in [5.74, 6) is 0.771. The lowest BCUT2D eigenvalue weighted by Gasteiger charge is -2.36. The molecule has 0 aliphatic carbocycles. The second kappa shape index (κ2) is 10.1. The Kier molecular flexibility index (Phi) is 6.85. The highest BCUT2D eigenvalue weighted by Gasteiger charge is 2.17. The quantitative estimate of drug-likeness (QED) is 0.628. The molecule has 0 unspecified atom stereocenters. The van der Waals surface area contributed by atoms with Gasteiger partial charge in [0.2, 0.25) is 5.91 Å². The van der Waals surface area contributed by atoms with Crippen molar-refractivity contribution in [1.29, 1.82) is 0 Å². The van der Waals surface area contributed by atoms with Gasteiger partial charge in [-0.15, -0.1) is 0 Å². The average Bonchev–Trinajstić information content (AvgIpc) is 2.81. The van der Waals surface area contributed by atoms with Gasteiger partial charge >= 0.3 is 0 Å². The van der Waals surface area contributed by atoms with E-state index in [1.54, 1.807) is 7.11 Å². The molecule has 1 heterocycles. The van der Waals surface area contributed by atoms with Crippen molar-refractivity contribution in [2.24, 2.45) is 0 Å². The lowest BCUT2D eigenvalue weighted by molar-refractivity contribution is -0.115. The maximum atomic E-state index is 12.4. The van der Waals surface area contributed by atoms with Gasteiger partial charge in [-0.3, -0.25) is 9.69 Å². The Morgan fingerprint density at radius 2 is 1.52 bits per heavy atom. The Balaban J connectivity index is 1.25. The smallest absolute Gasteiger partial charge is 0.228 e. The molecule has 0 radical (unpaired) electrons. The minimum absolute atomic E-state index is 0.0209. The van der Waals surface area contributed by atoms with Crippen molar-refractivity contribution < 1.29 is 9.53 Å². The van der Waals surface area contributed by atoms with Crippen molar-refractivity contribution in [2.45, 2.75) is 13.0 Å². The normalized spacial score (nSPS) is 14.3. The van der Waals surface area contributed by atoms with Gasteiger partial charge in [-0.1, -0.05) is 42.5 Å². The number of hydrogen-bond acceptors (Lipinski definition) is 4. The summed E-state index contributed by atoms with van der Waals surface area (Å²) in [6.45, 7) is 5.13. The number of nitrogens with zero attached hydrogens (tertiary/aromatic N) is 2. The number of carbonyl (C=O) groups is 1. The van der Waals surface area contributed by atoms with Gasteiger partial charge in [0, 0.05) is 44.1 Å². The molecule has 160 valence electrons. The molecule has 4 rings (SSSR count). The van der Waals surface area contributed by atoms with Gasteiger partial charge in [-0.25, -0.2) is 0 Å². The Hall–Kier alpha value is -3.31. The molecule has 0 spiro atoms. The first kappa shape index (κ1) is 20.9. The van der Waals surface area contributed by atoms with Gasteiger partial charge in [0.05, 0.1) is 13.5 Å². The summed E-state index contributed by atoms with van der Waals surface area (Å²) in [6.07, 6.45) is 0.342. The Labute approximate surface area is 184 Å². The molecule has 0 aromatic heterocycles. The standard InChI is InChI=1S/C26H29N3O2/c1-31-25-13-7-21(8-14-25)19-26(30)27-23-9-11-24(12-10-23)29-17-15-28(16-18-29)20-22-5-3-2-4-6-22/h2-14H,15-20H2,1H3,(H,27,30). The second-order valence-electron chi connectivity index (χ2n) is 7.87. The first-order valence-corrected chi connectivity index (χ1v) is 10.7. The van der Waals surface area contributed by atoms with Gasteiger partial charge in [0.15, 0.2) is 0 Å². The Morgan fingerprint density at radius 3 is 2.16 bits per heavy atom. The molecule has 1 aliphatic heterocycles. The molecule has 5 heteroatoms. The number of ether oxygens (including phenoxy) is 1. The molecule has 0 saturated carbocycles. The van der Waals surface area contributed by atoms with E-state index in [1.165, 1.54) is 11.3 Å². The van der Waals surface area contributed by atoms with E-state index in [1.807, 2.05) is 36.4 Å². The molecule has 3 aromatic carbocycles. The first-order chi connectivity index (χ1) is 15.2. The molecule has 1 aliphatic rings. The number of amides is 1. The zero-order valence-corrected chi connectivity index (χ0v) is 18.0. The maximum Gasteiger partial charge on any atom is 0.228 e. The average molecular weight is 416 g/mol. The van der Waals surface area contributed by atoms with E-state index < -0.39 is 0 Å². The number of nitrogens with one attached hydrogen (secondary N) is 1. The summed E-state index contributed by atoms with van der Waals surface area (Å²) < 4.78 is 5.16. The lowest BCUT2D eigenvalue weighted by atomic mass is 10.1. The van der Waals surface area contributed by atoms with Crippen molar-refractivity contribution in [2.75, 3.05) is 43.5 Å². The molecule has 1 N–H and O–H groups in total.